The van der Waals surface area contributed by atoms with Crippen molar-refractivity contribution in [3.63, 3.8) is 0 Å². The number of rotatable bonds is 8. The Balaban J connectivity index is 1.77. The molecule has 0 saturated carbocycles. The van der Waals surface area contributed by atoms with Crippen LogP contribution in [0.2, 0.25) is 0 Å². The van der Waals surface area contributed by atoms with E-state index in [-0.39, 0.29) is 11.9 Å². The van der Waals surface area contributed by atoms with Crippen LogP contribution in [0, 0.1) is 6.42 Å². The van der Waals surface area contributed by atoms with Crippen LogP contribution in [0.25, 0.3) is 0 Å². The van der Waals surface area contributed by atoms with E-state index in [0.717, 1.165) is 12.0 Å². The molecular weight excluding hydrogens is 260 g/mol. The van der Waals surface area contributed by atoms with Gasteiger partial charge in [-0.25, -0.2) is 0 Å². The van der Waals surface area contributed by atoms with Crippen molar-refractivity contribution in [2.75, 3.05) is 6.54 Å². The van der Waals surface area contributed by atoms with Crippen LogP contribution in [-0.2, 0) is 17.6 Å². The molecule has 3 nitrogen and oxygen atoms in total. The first-order chi connectivity index (χ1) is 10.3. The smallest absolute Gasteiger partial charge is 0.234 e. The van der Waals surface area contributed by atoms with E-state index in [9.17, 15) is 4.79 Å². The number of amides is 1. The summed E-state index contributed by atoms with van der Waals surface area (Å²) in [4.78, 5) is 11.5. The number of primary amides is 1. The Hall–Kier alpha value is -2.13. The van der Waals surface area contributed by atoms with Gasteiger partial charge >= 0.3 is 0 Å². The normalized spacial score (nSPS) is 12.0. The fourth-order valence-corrected chi connectivity index (χ4v) is 2.20. The molecule has 0 spiro atoms. The van der Waals surface area contributed by atoms with Crippen molar-refractivity contribution in [2.24, 2.45) is 5.73 Å². The number of nitrogens with two attached hydrogens (primary N) is 1. The van der Waals surface area contributed by atoms with Crippen molar-refractivity contribution in [3.05, 3.63) is 78.2 Å². The first-order valence-electron chi connectivity index (χ1n) is 7.18. The lowest BCUT2D eigenvalue weighted by atomic mass is 10.0. The van der Waals surface area contributed by atoms with Gasteiger partial charge in [0.1, 0.15) is 0 Å². The minimum absolute atomic E-state index is 0.313. The molecule has 0 heterocycles. The van der Waals surface area contributed by atoms with Crippen LogP contribution in [0.4, 0.5) is 0 Å². The lowest BCUT2D eigenvalue weighted by molar-refractivity contribution is -0.119. The van der Waals surface area contributed by atoms with E-state index in [1.54, 1.807) is 0 Å². The molecule has 1 unspecified atom stereocenters. The van der Waals surface area contributed by atoms with Crippen molar-refractivity contribution >= 4 is 5.91 Å². The second-order valence-electron chi connectivity index (χ2n) is 5.03. The summed E-state index contributed by atoms with van der Waals surface area (Å²) in [7, 11) is 0. The molecule has 0 aromatic heterocycles. The Labute approximate surface area is 126 Å². The molecule has 1 atom stereocenters. The summed E-state index contributed by atoms with van der Waals surface area (Å²) in [5.41, 5.74) is 7.83. The molecule has 0 aliphatic carbocycles. The van der Waals surface area contributed by atoms with Gasteiger partial charge in [0.05, 0.1) is 6.04 Å². The minimum Gasteiger partial charge on any atom is -0.368 e. The molecule has 2 aromatic rings. The molecule has 0 bridgehead atoms. The van der Waals surface area contributed by atoms with Crippen LogP contribution in [0.5, 0.6) is 0 Å². The van der Waals surface area contributed by atoms with Crippen LogP contribution in [0.1, 0.15) is 11.1 Å². The highest BCUT2D eigenvalue weighted by Gasteiger charge is 2.14. The zero-order valence-corrected chi connectivity index (χ0v) is 12.0. The Morgan fingerprint density at radius 2 is 1.57 bits per heavy atom. The summed E-state index contributed by atoms with van der Waals surface area (Å²) in [6, 6.07) is 19.8. The Morgan fingerprint density at radius 1 is 1.00 bits per heavy atom. The summed E-state index contributed by atoms with van der Waals surface area (Å²) in [6.45, 7) is 0.662. The average molecular weight is 281 g/mol. The largest absolute Gasteiger partial charge is 0.368 e. The van der Waals surface area contributed by atoms with Crippen molar-refractivity contribution in [2.45, 2.75) is 18.9 Å². The van der Waals surface area contributed by atoms with Crippen LogP contribution in [-0.4, -0.2) is 18.5 Å². The number of carbonyl (C=O) groups excluding carboxylic acids is 1. The second kappa shape index (κ2) is 8.22. The summed E-state index contributed by atoms with van der Waals surface area (Å²) >= 11 is 0. The van der Waals surface area contributed by atoms with E-state index >= 15 is 0 Å². The summed E-state index contributed by atoms with van der Waals surface area (Å²) in [5.74, 6) is -0.313. The molecule has 109 valence electrons. The molecule has 0 aliphatic heterocycles. The van der Waals surface area contributed by atoms with E-state index in [1.807, 2.05) is 48.5 Å². The molecule has 0 aliphatic rings. The highest BCUT2D eigenvalue weighted by atomic mass is 16.1. The third kappa shape index (κ3) is 5.40. The van der Waals surface area contributed by atoms with E-state index in [0.29, 0.717) is 13.0 Å². The lowest BCUT2D eigenvalue weighted by Crippen LogP contribution is -2.43. The number of carbonyl (C=O) groups is 1. The second-order valence-corrected chi connectivity index (χ2v) is 5.03. The van der Waals surface area contributed by atoms with Gasteiger partial charge in [-0.1, -0.05) is 60.7 Å². The third-order valence-electron chi connectivity index (χ3n) is 3.36. The number of nitrogens with one attached hydrogen (secondary N) is 1. The van der Waals surface area contributed by atoms with Gasteiger partial charge in [0.2, 0.25) is 5.91 Å². The van der Waals surface area contributed by atoms with Gasteiger partial charge in [-0.3, -0.25) is 4.79 Å². The molecule has 0 fully saturated rings. The van der Waals surface area contributed by atoms with Gasteiger partial charge < -0.3 is 11.1 Å². The van der Waals surface area contributed by atoms with E-state index in [1.165, 1.54) is 5.56 Å². The first-order valence-corrected chi connectivity index (χ1v) is 7.18. The monoisotopic (exact) mass is 281 g/mol. The molecule has 1 amide bonds. The van der Waals surface area contributed by atoms with Gasteiger partial charge in [-0.15, -0.1) is 0 Å². The first kappa shape index (κ1) is 15.3. The average Bonchev–Trinajstić information content (AvgIpc) is 2.52. The van der Waals surface area contributed by atoms with E-state index < -0.39 is 0 Å². The van der Waals surface area contributed by atoms with Crippen molar-refractivity contribution in [3.8, 4) is 0 Å². The van der Waals surface area contributed by atoms with Crippen molar-refractivity contribution in [1.29, 1.82) is 0 Å². The maximum atomic E-state index is 11.5. The molecule has 21 heavy (non-hydrogen) atoms. The molecule has 2 rings (SSSR count). The van der Waals surface area contributed by atoms with E-state index in [4.69, 9.17) is 5.73 Å². The number of benzene rings is 2. The molecule has 3 N–H and O–H groups in total. The number of hydrogen-bond acceptors (Lipinski definition) is 2. The number of hydrogen-bond donors (Lipinski definition) is 2. The van der Waals surface area contributed by atoms with Gasteiger partial charge in [0.25, 0.3) is 0 Å². The maximum absolute atomic E-state index is 11.5. The zero-order valence-electron chi connectivity index (χ0n) is 12.0. The quantitative estimate of drug-likeness (QED) is 0.728. The molecule has 1 radical (unpaired) electrons. The van der Waals surface area contributed by atoms with Crippen molar-refractivity contribution in [1.82, 2.24) is 5.32 Å². The Kier molecular flexibility index (Phi) is 5.98. The lowest BCUT2D eigenvalue weighted by Gasteiger charge is -2.15. The van der Waals surface area contributed by atoms with Crippen LogP contribution >= 0.6 is 0 Å². The summed E-state index contributed by atoms with van der Waals surface area (Å²) < 4.78 is 0. The van der Waals surface area contributed by atoms with Crippen LogP contribution < -0.4 is 11.1 Å². The fraction of sp³-hybridized carbons (Fsp3) is 0.222. The van der Waals surface area contributed by atoms with Gasteiger partial charge in [0.15, 0.2) is 0 Å². The molecule has 3 heteroatoms. The Bertz CT molecular complexity index is 540. The SMILES string of the molecule is NC(=O)C(Cc1ccccc1)NC[CH]Cc1ccccc1. The third-order valence-corrected chi connectivity index (χ3v) is 3.36. The molecular formula is C18H21N2O. The minimum atomic E-state index is -0.334. The van der Waals surface area contributed by atoms with E-state index in [2.05, 4.69) is 23.9 Å². The fourth-order valence-electron chi connectivity index (χ4n) is 2.20. The summed E-state index contributed by atoms with van der Waals surface area (Å²) in [5, 5.41) is 3.21. The molecule has 0 saturated heterocycles. The van der Waals surface area contributed by atoms with Crippen LogP contribution in [0.3, 0.4) is 0 Å². The standard InChI is InChI=1S/C18H21N2O/c19-18(21)17(14-16-10-5-2-6-11-16)20-13-7-12-15-8-3-1-4-9-15/h1-11,17,20H,12-14H2,(H2,19,21). The predicted octanol–water partition coefficient (Wildman–Crippen LogP) is 2.12. The highest BCUT2D eigenvalue weighted by Crippen LogP contribution is 2.04. The van der Waals surface area contributed by atoms with Gasteiger partial charge in [0, 0.05) is 0 Å². The van der Waals surface area contributed by atoms with Gasteiger partial charge in [-0.2, -0.15) is 0 Å². The van der Waals surface area contributed by atoms with Crippen LogP contribution in [0.15, 0.2) is 60.7 Å². The highest BCUT2D eigenvalue weighted by molar-refractivity contribution is 5.80. The predicted molar refractivity (Wildman–Crippen MR) is 85.6 cm³/mol. The molecule has 2 aromatic carbocycles. The topological polar surface area (TPSA) is 55.1 Å². The van der Waals surface area contributed by atoms with Gasteiger partial charge in [-0.05, 0) is 36.9 Å². The summed E-state index contributed by atoms with van der Waals surface area (Å²) in [6.07, 6.45) is 3.62. The maximum Gasteiger partial charge on any atom is 0.234 e. The van der Waals surface area contributed by atoms with Crippen molar-refractivity contribution < 1.29 is 4.79 Å². The Morgan fingerprint density at radius 3 is 2.14 bits per heavy atom. The zero-order chi connectivity index (χ0) is 14.9.